The lowest BCUT2D eigenvalue weighted by atomic mass is 10.1. The molecular weight excluding hydrogens is 273 g/mol. The summed E-state index contributed by atoms with van der Waals surface area (Å²) in [6.07, 6.45) is -1.16. The second-order valence-electron chi connectivity index (χ2n) is 4.65. The van der Waals surface area contributed by atoms with Gasteiger partial charge in [0.25, 0.3) is 0 Å². The minimum Gasteiger partial charge on any atom is -0.392 e. The van der Waals surface area contributed by atoms with E-state index in [-0.39, 0.29) is 5.92 Å². The van der Waals surface area contributed by atoms with E-state index in [2.05, 4.69) is 5.32 Å². The molecule has 0 aliphatic rings. The van der Waals surface area contributed by atoms with E-state index in [0.717, 1.165) is 0 Å². The Morgan fingerprint density at radius 2 is 1.83 bits per heavy atom. The lowest BCUT2D eigenvalue weighted by Gasteiger charge is -2.18. The van der Waals surface area contributed by atoms with Crippen molar-refractivity contribution in [3.05, 3.63) is 33.8 Å². The van der Waals surface area contributed by atoms with Crippen molar-refractivity contribution in [2.45, 2.75) is 26.1 Å². The van der Waals surface area contributed by atoms with Crippen LogP contribution in [0.15, 0.2) is 18.2 Å². The predicted octanol–water partition coefficient (Wildman–Crippen LogP) is 2.63. The van der Waals surface area contributed by atoms with Crippen molar-refractivity contribution in [3.63, 3.8) is 0 Å². The summed E-state index contributed by atoms with van der Waals surface area (Å²) in [4.78, 5) is 0. The van der Waals surface area contributed by atoms with Crippen molar-refractivity contribution in [2.75, 3.05) is 13.1 Å². The zero-order chi connectivity index (χ0) is 13.7. The number of benzene rings is 1. The Balaban J connectivity index is 2.50. The summed E-state index contributed by atoms with van der Waals surface area (Å²) in [7, 11) is 0. The Hall–Kier alpha value is -0.320. The Kier molecular flexibility index (Phi) is 6.39. The fourth-order valence-electron chi connectivity index (χ4n) is 1.48. The number of hydrogen-bond acceptors (Lipinski definition) is 3. The average molecular weight is 292 g/mol. The van der Waals surface area contributed by atoms with E-state index in [1.165, 1.54) is 0 Å². The van der Waals surface area contributed by atoms with Crippen molar-refractivity contribution < 1.29 is 10.2 Å². The fraction of sp³-hybridized carbons (Fsp3) is 0.538. The van der Waals surface area contributed by atoms with Crippen LogP contribution in [0, 0.1) is 5.92 Å². The zero-order valence-corrected chi connectivity index (χ0v) is 12.0. The molecule has 18 heavy (non-hydrogen) atoms. The molecule has 3 nitrogen and oxygen atoms in total. The van der Waals surface area contributed by atoms with Crippen LogP contribution in [0.25, 0.3) is 0 Å². The zero-order valence-electron chi connectivity index (χ0n) is 10.5. The van der Waals surface area contributed by atoms with E-state index in [0.29, 0.717) is 28.7 Å². The lowest BCUT2D eigenvalue weighted by Crippen LogP contribution is -2.33. The molecule has 0 saturated heterocycles. The molecule has 2 unspecified atom stereocenters. The average Bonchev–Trinajstić information content (AvgIpc) is 2.31. The van der Waals surface area contributed by atoms with Gasteiger partial charge in [-0.25, -0.2) is 0 Å². The maximum atomic E-state index is 9.99. The Morgan fingerprint density at radius 3 is 2.44 bits per heavy atom. The Bertz CT molecular complexity index is 385. The molecule has 0 saturated carbocycles. The van der Waals surface area contributed by atoms with Crippen LogP contribution >= 0.6 is 23.2 Å². The van der Waals surface area contributed by atoms with Crippen LogP contribution in [0.3, 0.4) is 0 Å². The van der Waals surface area contributed by atoms with Gasteiger partial charge in [0, 0.05) is 28.7 Å². The first-order valence-electron chi connectivity index (χ1n) is 5.93. The van der Waals surface area contributed by atoms with E-state index in [1.54, 1.807) is 18.2 Å². The van der Waals surface area contributed by atoms with Crippen molar-refractivity contribution in [3.8, 4) is 0 Å². The molecule has 0 heterocycles. The molecule has 102 valence electrons. The number of aliphatic hydroxyl groups is 2. The third-order valence-electron chi connectivity index (χ3n) is 2.78. The minimum absolute atomic E-state index is 0.185. The molecular formula is C13H19Cl2NO2. The summed E-state index contributed by atoms with van der Waals surface area (Å²) in [5, 5.41) is 23.6. The first-order valence-corrected chi connectivity index (χ1v) is 6.69. The van der Waals surface area contributed by atoms with Gasteiger partial charge < -0.3 is 15.5 Å². The summed E-state index contributed by atoms with van der Waals surface area (Å²) in [6.45, 7) is 4.64. The molecule has 0 aliphatic carbocycles. The molecule has 2 atom stereocenters. The van der Waals surface area contributed by atoms with Gasteiger partial charge in [-0.2, -0.15) is 0 Å². The Labute approximate surface area is 118 Å². The van der Waals surface area contributed by atoms with Crippen LogP contribution in [0.1, 0.15) is 25.5 Å². The van der Waals surface area contributed by atoms with Crippen LogP contribution < -0.4 is 5.32 Å². The van der Waals surface area contributed by atoms with Crippen LogP contribution in [0.4, 0.5) is 0 Å². The summed E-state index contributed by atoms with van der Waals surface area (Å²) >= 11 is 11.8. The highest BCUT2D eigenvalue weighted by Gasteiger charge is 2.13. The highest BCUT2D eigenvalue weighted by atomic mass is 35.5. The molecule has 1 aromatic carbocycles. The van der Waals surface area contributed by atoms with Gasteiger partial charge in [-0.1, -0.05) is 37.0 Å². The highest BCUT2D eigenvalue weighted by Crippen LogP contribution is 2.25. The van der Waals surface area contributed by atoms with Crippen LogP contribution in [-0.4, -0.2) is 29.4 Å². The largest absolute Gasteiger partial charge is 0.392 e. The third-order valence-corrected chi connectivity index (χ3v) is 3.36. The molecule has 0 radical (unpaired) electrons. The fourth-order valence-corrected chi connectivity index (χ4v) is 1.91. The van der Waals surface area contributed by atoms with Gasteiger partial charge in [-0.05, 0) is 24.1 Å². The predicted molar refractivity (Wildman–Crippen MR) is 75.1 cm³/mol. The van der Waals surface area contributed by atoms with E-state index in [4.69, 9.17) is 23.2 Å². The first kappa shape index (κ1) is 15.7. The molecule has 0 fully saturated rings. The van der Waals surface area contributed by atoms with Crippen molar-refractivity contribution in [1.29, 1.82) is 0 Å². The monoisotopic (exact) mass is 291 g/mol. The van der Waals surface area contributed by atoms with E-state index in [9.17, 15) is 10.2 Å². The second kappa shape index (κ2) is 7.31. The molecule has 0 amide bonds. The van der Waals surface area contributed by atoms with Crippen molar-refractivity contribution in [1.82, 2.24) is 5.32 Å². The van der Waals surface area contributed by atoms with Gasteiger partial charge >= 0.3 is 0 Å². The summed E-state index contributed by atoms with van der Waals surface area (Å²) in [5.41, 5.74) is 0.593. The molecule has 0 bridgehead atoms. The first-order chi connectivity index (χ1) is 8.41. The van der Waals surface area contributed by atoms with E-state index in [1.807, 2.05) is 13.8 Å². The number of halogens is 2. The molecule has 5 heteroatoms. The molecule has 0 aromatic heterocycles. The lowest BCUT2D eigenvalue weighted by molar-refractivity contribution is 0.113. The third kappa shape index (κ3) is 4.75. The van der Waals surface area contributed by atoms with E-state index < -0.39 is 12.2 Å². The van der Waals surface area contributed by atoms with Crippen LogP contribution in [0.5, 0.6) is 0 Å². The molecule has 3 N–H and O–H groups in total. The van der Waals surface area contributed by atoms with Gasteiger partial charge in [-0.15, -0.1) is 0 Å². The summed E-state index contributed by atoms with van der Waals surface area (Å²) in [6, 6.07) is 4.98. The van der Waals surface area contributed by atoms with Gasteiger partial charge in [0.2, 0.25) is 0 Å². The maximum Gasteiger partial charge on any atom is 0.0929 e. The summed E-state index contributed by atoms with van der Waals surface area (Å²) in [5.74, 6) is 0.185. The number of rotatable bonds is 6. The minimum atomic E-state index is -0.740. The molecule has 1 aromatic rings. The molecule has 1 rings (SSSR count). The molecule has 0 aliphatic heterocycles. The Morgan fingerprint density at radius 1 is 1.17 bits per heavy atom. The second-order valence-corrected chi connectivity index (χ2v) is 5.49. The van der Waals surface area contributed by atoms with Crippen molar-refractivity contribution in [2.24, 2.45) is 5.92 Å². The standard InChI is InChI=1S/C13H19Cl2NO2/c1-8(2)12(17)6-16-7-13(18)10-5-9(14)3-4-11(10)15/h3-5,8,12-13,16-18H,6-7H2,1-2H3. The maximum absolute atomic E-state index is 9.99. The van der Waals surface area contributed by atoms with Gasteiger partial charge in [0.1, 0.15) is 0 Å². The summed E-state index contributed by atoms with van der Waals surface area (Å²) < 4.78 is 0. The van der Waals surface area contributed by atoms with Crippen LogP contribution in [0.2, 0.25) is 10.0 Å². The van der Waals surface area contributed by atoms with Crippen LogP contribution in [-0.2, 0) is 0 Å². The van der Waals surface area contributed by atoms with E-state index >= 15 is 0 Å². The quantitative estimate of drug-likeness (QED) is 0.755. The highest BCUT2D eigenvalue weighted by molar-refractivity contribution is 6.33. The normalized spacial score (nSPS) is 14.8. The van der Waals surface area contributed by atoms with Gasteiger partial charge in [0.05, 0.1) is 12.2 Å². The van der Waals surface area contributed by atoms with Gasteiger partial charge in [-0.3, -0.25) is 0 Å². The van der Waals surface area contributed by atoms with Crippen molar-refractivity contribution >= 4 is 23.2 Å². The SMILES string of the molecule is CC(C)C(O)CNCC(O)c1cc(Cl)ccc1Cl. The topological polar surface area (TPSA) is 52.5 Å². The smallest absolute Gasteiger partial charge is 0.0929 e. The number of hydrogen-bond donors (Lipinski definition) is 3. The molecule has 0 spiro atoms. The number of nitrogens with one attached hydrogen (secondary N) is 1. The van der Waals surface area contributed by atoms with Gasteiger partial charge in [0.15, 0.2) is 0 Å². The number of aliphatic hydroxyl groups excluding tert-OH is 2.